The van der Waals surface area contributed by atoms with Gasteiger partial charge in [0.25, 0.3) is 0 Å². The van der Waals surface area contributed by atoms with Gasteiger partial charge in [0.15, 0.2) is 0 Å². The van der Waals surface area contributed by atoms with Crippen LogP contribution < -0.4 is 0 Å². The van der Waals surface area contributed by atoms with E-state index in [1.165, 1.54) is 25.7 Å². The number of unbranched alkanes of at least 4 members (excludes halogenated alkanes) is 4. The van der Waals surface area contributed by atoms with Crippen molar-refractivity contribution in [1.29, 1.82) is 0 Å². The zero-order valence-electron chi connectivity index (χ0n) is 15.8. The quantitative estimate of drug-likeness (QED) is 0.346. The van der Waals surface area contributed by atoms with E-state index in [1.54, 1.807) is 0 Å². The second-order valence-corrected chi connectivity index (χ2v) is 6.92. The summed E-state index contributed by atoms with van der Waals surface area (Å²) in [6.07, 6.45) is 9.18. The molecule has 0 radical (unpaired) electrons. The molecule has 1 rings (SSSR count). The molecule has 142 valence electrons. The van der Waals surface area contributed by atoms with Crippen molar-refractivity contribution in [1.82, 2.24) is 0 Å². The van der Waals surface area contributed by atoms with Crippen LogP contribution in [0.2, 0.25) is 0 Å². The normalized spacial score (nSPS) is 14.8. The number of rotatable bonds is 15. The Kier molecular flexibility index (Phi) is 12.3. The van der Waals surface area contributed by atoms with Gasteiger partial charge in [0.05, 0.1) is 24.9 Å². The van der Waals surface area contributed by atoms with Crippen LogP contribution in [-0.2, 0) is 11.3 Å². The molecule has 0 aliphatic heterocycles. The summed E-state index contributed by atoms with van der Waals surface area (Å²) >= 11 is 0. The molecule has 3 heteroatoms. The number of benzene rings is 1. The van der Waals surface area contributed by atoms with E-state index in [1.807, 2.05) is 36.4 Å². The molecule has 0 saturated heterocycles. The number of aliphatic hydroxyl groups is 2. The van der Waals surface area contributed by atoms with Gasteiger partial charge in [-0.15, -0.1) is 6.58 Å². The molecule has 0 aliphatic carbocycles. The van der Waals surface area contributed by atoms with Crippen LogP contribution in [-0.4, -0.2) is 28.5 Å². The van der Waals surface area contributed by atoms with E-state index in [2.05, 4.69) is 13.5 Å². The lowest BCUT2D eigenvalue weighted by Crippen LogP contribution is -2.24. The van der Waals surface area contributed by atoms with Crippen LogP contribution in [0.25, 0.3) is 0 Å². The Hall–Kier alpha value is -1.16. The van der Waals surface area contributed by atoms with Crippen LogP contribution in [0.5, 0.6) is 0 Å². The maximum atomic E-state index is 10.3. The van der Waals surface area contributed by atoms with Crippen LogP contribution in [0, 0.1) is 0 Å². The number of ether oxygens (including phenoxy) is 1. The molecule has 0 unspecified atom stereocenters. The van der Waals surface area contributed by atoms with Gasteiger partial charge in [0.1, 0.15) is 0 Å². The first kappa shape index (κ1) is 21.9. The standard InChI is InChI=1S/C22H36O3/c1-3-5-6-7-11-15-20(23)16-21(24)17-22(12-4-2)25-18-19-13-9-8-10-14-19/h4,8-10,13-14,20-24H,2-3,5-7,11-12,15-18H2,1H3/t20-,21-,22+/m1/s1. The molecule has 1 aromatic rings. The van der Waals surface area contributed by atoms with Crippen LogP contribution >= 0.6 is 0 Å². The fourth-order valence-corrected chi connectivity index (χ4v) is 3.02. The predicted octanol–water partition coefficient (Wildman–Crippen LogP) is 5.01. The van der Waals surface area contributed by atoms with E-state index in [0.29, 0.717) is 25.9 Å². The highest BCUT2D eigenvalue weighted by Crippen LogP contribution is 2.17. The molecule has 1 aromatic carbocycles. The van der Waals surface area contributed by atoms with E-state index in [4.69, 9.17) is 4.74 Å². The van der Waals surface area contributed by atoms with Gasteiger partial charge in [-0.25, -0.2) is 0 Å². The van der Waals surface area contributed by atoms with Gasteiger partial charge in [-0.1, -0.05) is 75.4 Å². The summed E-state index contributed by atoms with van der Waals surface area (Å²) in [6.45, 7) is 6.51. The Balaban J connectivity index is 2.27. The molecule has 0 bridgehead atoms. The number of aliphatic hydroxyl groups excluding tert-OH is 2. The molecule has 3 nitrogen and oxygen atoms in total. The zero-order chi connectivity index (χ0) is 18.3. The third kappa shape index (κ3) is 11.1. The molecule has 0 saturated carbocycles. The highest BCUT2D eigenvalue weighted by molar-refractivity contribution is 5.13. The highest BCUT2D eigenvalue weighted by Gasteiger charge is 2.17. The Bertz CT molecular complexity index is 432. The molecule has 0 spiro atoms. The molecule has 25 heavy (non-hydrogen) atoms. The Morgan fingerprint density at radius 3 is 2.40 bits per heavy atom. The second-order valence-electron chi connectivity index (χ2n) is 6.92. The first-order chi connectivity index (χ1) is 12.2. The lowest BCUT2D eigenvalue weighted by molar-refractivity contribution is -0.00839. The maximum absolute atomic E-state index is 10.3. The largest absolute Gasteiger partial charge is 0.393 e. The average molecular weight is 349 g/mol. The monoisotopic (exact) mass is 348 g/mol. The van der Waals surface area contributed by atoms with Crippen molar-refractivity contribution in [3.63, 3.8) is 0 Å². The van der Waals surface area contributed by atoms with Crippen molar-refractivity contribution in [2.45, 2.75) is 89.6 Å². The molecule has 0 aliphatic rings. The van der Waals surface area contributed by atoms with Gasteiger partial charge >= 0.3 is 0 Å². The summed E-state index contributed by atoms with van der Waals surface area (Å²) in [5.41, 5.74) is 1.12. The molecule has 3 atom stereocenters. The minimum Gasteiger partial charge on any atom is -0.393 e. The Morgan fingerprint density at radius 1 is 1.00 bits per heavy atom. The number of hydrogen-bond donors (Lipinski definition) is 2. The predicted molar refractivity (Wildman–Crippen MR) is 104 cm³/mol. The third-order valence-corrected chi connectivity index (χ3v) is 4.48. The summed E-state index contributed by atoms with van der Waals surface area (Å²) in [6, 6.07) is 10.0. The van der Waals surface area contributed by atoms with Gasteiger partial charge in [0, 0.05) is 0 Å². The topological polar surface area (TPSA) is 49.7 Å². The van der Waals surface area contributed by atoms with E-state index in [0.717, 1.165) is 18.4 Å². The molecule has 0 fully saturated rings. The van der Waals surface area contributed by atoms with Gasteiger partial charge in [0.2, 0.25) is 0 Å². The van der Waals surface area contributed by atoms with Crippen molar-refractivity contribution in [2.24, 2.45) is 0 Å². The lowest BCUT2D eigenvalue weighted by Gasteiger charge is -2.22. The van der Waals surface area contributed by atoms with Crippen LogP contribution in [0.15, 0.2) is 43.0 Å². The van der Waals surface area contributed by atoms with Crippen LogP contribution in [0.3, 0.4) is 0 Å². The van der Waals surface area contributed by atoms with E-state index < -0.39 is 12.2 Å². The van der Waals surface area contributed by atoms with E-state index in [9.17, 15) is 10.2 Å². The minimum absolute atomic E-state index is 0.0653. The average Bonchev–Trinajstić information content (AvgIpc) is 2.60. The van der Waals surface area contributed by atoms with Gasteiger partial charge in [-0.3, -0.25) is 0 Å². The summed E-state index contributed by atoms with van der Waals surface area (Å²) in [7, 11) is 0. The van der Waals surface area contributed by atoms with Crippen LogP contribution in [0.1, 0.15) is 70.3 Å². The molecule has 0 aromatic heterocycles. The molecule has 0 amide bonds. The van der Waals surface area contributed by atoms with Crippen molar-refractivity contribution in [3.8, 4) is 0 Å². The fourth-order valence-electron chi connectivity index (χ4n) is 3.02. The van der Waals surface area contributed by atoms with E-state index >= 15 is 0 Å². The molecule has 0 heterocycles. The smallest absolute Gasteiger partial charge is 0.0720 e. The molecular weight excluding hydrogens is 312 g/mol. The summed E-state index contributed by atoms with van der Waals surface area (Å²) < 4.78 is 5.93. The Labute approximate surface area is 153 Å². The second kappa shape index (κ2) is 14.1. The van der Waals surface area contributed by atoms with Gasteiger partial charge < -0.3 is 14.9 Å². The first-order valence-corrected chi connectivity index (χ1v) is 9.78. The zero-order valence-corrected chi connectivity index (χ0v) is 15.8. The number of hydrogen-bond acceptors (Lipinski definition) is 3. The summed E-state index contributed by atoms with van der Waals surface area (Å²) in [5.74, 6) is 0. The first-order valence-electron chi connectivity index (χ1n) is 9.78. The summed E-state index contributed by atoms with van der Waals surface area (Å²) in [5, 5.41) is 20.4. The Morgan fingerprint density at radius 2 is 1.72 bits per heavy atom. The van der Waals surface area contributed by atoms with Gasteiger partial charge in [-0.05, 0) is 31.2 Å². The highest BCUT2D eigenvalue weighted by atomic mass is 16.5. The summed E-state index contributed by atoms with van der Waals surface area (Å²) in [4.78, 5) is 0. The minimum atomic E-state index is -0.536. The van der Waals surface area contributed by atoms with Gasteiger partial charge in [-0.2, -0.15) is 0 Å². The third-order valence-electron chi connectivity index (χ3n) is 4.48. The van der Waals surface area contributed by atoms with Crippen molar-refractivity contribution in [3.05, 3.63) is 48.6 Å². The van der Waals surface area contributed by atoms with Crippen molar-refractivity contribution in [2.75, 3.05) is 0 Å². The lowest BCUT2D eigenvalue weighted by atomic mass is 9.99. The molecule has 2 N–H and O–H groups in total. The van der Waals surface area contributed by atoms with Crippen LogP contribution in [0.4, 0.5) is 0 Å². The molecular formula is C22H36O3. The van der Waals surface area contributed by atoms with Crippen molar-refractivity contribution >= 4 is 0 Å². The van der Waals surface area contributed by atoms with Crippen molar-refractivity contribution < 1.29 is 14.9 Å². The fraction of sp³-hybridized carbons (Fsp3) is 0.636. The maximum Gasteiger partial charge on any atom is 0.0720 e. The SMILES string of the molecule is C=CC[C@@H](C[C@H](O)C[C@H](O)CCCCCCC)OCc1ccccc1. The van der Waals surface area contributed by atoms with E-state index in [-0.39, 0.29) is 6.10 Å².